The molecule has 1 aromatic heterocycles. The number of rotatable bonds is 5. The van der Waals surface area contributed by atoms with Gasteiger partial charge in [0.25, 0.3) is 0 Å². The minimum Gasteiger partial charge on any atom is -0.326 e. The molecule has 0 radical (unpaired) electrons. The average molecular weight is 418 g/mol. The van der Waals surface area contributed by atoms with Crippen molar-refractivity contribution in [1.82, 2.24) is 4.98 Å². The third-order valence-corrected chi connectivity index (χ3v) is 5.51. The van der Waals surface area contributed by atoms with Crippen molar-refractivity contribution < 1.29 is 4.79 Å². The summed E-state index contributed by atoms with van der Waals surface area (Å²) in [4.78, 5) is 17.1. The van der Waals surface area contributed by atoms with Gasteiger partial charge in [-0.1, -0.05) is 48.5 Å². The molecule has 4 rings (SSSR count). The fourth-order valence-corrected chi connectivity index (χ4v) is 3.60. The summed E-state index contributed by atoms with van der Waals surface area (Å²) < 4.78 is 0. The number of amides is 1. The molecule has 156 valence electrons. The summed E-state index contributed by atoms with van der Waals surface area (Å²) in [5.74, 6) is -0.370. The average Bonchev–Trinajstić information content (AvgIpc) is 2.84. The molecule has 0 aliphatic heterocycles. The van der Waals surface area contributed by atoms with Crippen molar-refractivity contribution in [2.75, 3.05) is 5.32 Å². The number of nitrogens with one attached hydrogen (secondary N) is 1. The van der Waals surface area contributed by atoms with E-state index in [1.54, 1.807) is 18.3 Å². The van der Waals surface area contributed by atoms with Gasteiger partial charge in [-0.2, -0.15) is 5.26 Å². The van der Waals surface area contributed by atoms with E-state index in [-0.39, 0.29) is 11.8 Å². The normalized spacial score (nSPS) is 11.4. The van der Waals surface area contributed by atoms with Gasteiger partial charge in [0.2, 0.25) is 5.91 Å². The Morgan fingerprint density at radius 2 is 1.53 bits per heavy atom. The molecule has 1 amide bonds. The molecule has 1 atom stereocenters. The van der Waals surface area contributed by atoms with Crippen LogP contribution in [0.3, 0.4) is 0 Å². The number of pyridine rings is 1. The second kappa shape index (κ2) is 9.28. The highest BCUT2D eigenvalue weighted by molar-refractivity contribution is 5.96. The predicted molar refractivity (Wildman–Crippen MR) is 128 cm³/mol. The van der Waals surface area contributed by atoms with E-state index in [4.69, 9.17) is 5.26 Å². The highest BCUT2D eigenvalue weighted by atomic mass is 16.1. The highest BCUT2D eigenvalue weighted by Crippen LogP contribution is 2.26. The van der Waals surface area contributed by atoms with E-state index >= 15 is 0 Å². The Labute approximate surface area is 188 Å². The van der Waals surface area contributed by atoms with Crippen molar-refractivity contribution in [3.63, 3.8) is 0 Å². The van der Waals surface area contributed by atoms with Crippen molar-refractivity contribution in [1.29, 1.82) is 5.26 Å². The van der Waals surface area contributed by atoms with Gasteiger partial charge in [0.1, 0.15) is 0 Å². The fraction of sp³-hybridized carbons (Fsp3) is 0.107. The Hall–Kier alpha value is -4.23. The van der Waals surface area contributed by atoms with E-state index in [0.717, 1.165) is 39.2 Å². The van der Waals surface area contributed by atoms with E-state index < -0.39 is 0 Å². The summed E-state index contributed by atoms with van der Waals surface area (Å²) in [5.41, 5.74) is 7.51. The first-order valence-electron chi connectivity index (χ1n) is 10.5. The first-order chi connectivity index (χ1) is 15.5. The van der Waals surface area contributed by atoms with Crippen LogP contribution in [0, 0.1) is 18.3 Å². The van der Waals surface area contributed by atoms with Crippen LogP contribution in [0.2, 0.25) is 0 Å². The molecule has 0 aliphatic carbocycles. The van der Waals surface area contributed by atoms with Crippen LogP contribution in [-0.4, -0.2) is 10.9 Å². The molecule has 1 heterocycles. The summed E-state index contributed by atoms with van der Waals surface area (Å²) in [6.07, 6.45) is 1.80. The van der Waals surface area contributed by atoms with Crippen molar-refractivity contribution >= 4 is 11.6 Å². The Bertz CT molecular complexity index is 1290. The molecular formula is C28H23N3O. The van der Waals surface area contributed by atoms with E-state index in [2.05, 4.69) is 16.4 Å². The van der Waals surface area contributed by atoms with Crippen LogP contribution in [0.4, 0.5) is 5.69 Å². The number of hydrogen-bond donors (Lipinski definition) is 1. The molecule has 1 N–H and O–H groups in total. The monoisotopic (exact) mass is 417 g/mol. The minimum atomic E-state index is -0.309. The maximum Gasteiger partial charge on any atom is 0.231 e. The molecule has 4 nitrogen and oxygen atoms in total. The molecule has 0 saturated heterocycles. The number of hydrogen-bond acceptors (Lipinski definition) is 3. The zero-order valence-electron chi connectivity index (χ0n) is 18.0. The number of anilines is 1. The lowest BCUT2D eigenvalue weighted by atomic mass is 9.95. The molecule has 0 fully saturated rings. The van der Waals surface area contributed by atoms with Gasteiger partial charge < -0.3 is 5.32 Å². The molecular weight excluding hydrogens is 394 g/mol. The largest absolute Gasteiger partial charge is 0.326 e. The topological polar surface area (TPSA) is 65.8 Å². The summed E-state index contributed by atoms with van der Waals surface area (Å²) in [7, 11) is 0. The molecule has 0 spiro atoms. The van der Waals surface area contributed by atoms with Crippen LogP contribution in [0.1, 0.15) is 29.7 Å². The number of nitrogens with zero attached hydrogens (tertiary/aromatic N) is 2. The Kier molecular flexibility index (Phi) is 6.10. The Balaban J connectivity index is 1.47. The van der Waals surface area contributed by atoms with E-state index in [0.29, 0.717) is 5.56 Å². The SMILES string of the molecule is Cc1cc(-c2ccc(NC(=O)C(C)c3cccc(-c4ccc(C#N)cc4)c3)cc2)ccn1. The summed E-state index contributed by atoms with van der Waals surface area (Å²) in [6, 6.07) is 29.4. The molecule has 0 bridgehead atoms. The third-order valence-electron chi connectivity index (χ3n) is 5.51. The first kappa shape index (κ1) is 21.0. The summed E-state index contributed by atoms with van der Waals surface area (Å²) in [6.45, 7) is 3.87. The summed E-state index contributed by atoms with van der Waals surface area (Å²) >= 11 is 0. The van der Waals surface area contributed by atoms with Gasteiger partial charge in [-0.05, 0) is 78.1 Å². The number of carbonyl (C=O) groups is 1. The van der Waals surface area contributed by atoms with Gasteiger partial charge >= 0.3 is 0 Å². The molecule has 1 unspecified atom stereocenters. The smallest absolute Gasteiger partial charge is 0.231 e. The van der Waals surface area contributed by atoms with E-state index in [1.807, 2.05) is 86.6 Å². The van der Waals surface area contributed by atoms with E-state index in [9.17, 15) is 4.79 Å². The number of benzene rings is 3. The molecule has 0 aliphatic rings. The lowest BCUT2D eigenvalue weighted by Gasteiger charge is -2.14. The fourth-order valence-electron chi connectivity index (χ4n) is 3.60. The number of aromatic nitrogens is 1. The first-order valence-corrected chi connectivity index (χ1v) is 10.5. The maximum absolute atomic E-state index is 12.9. The van der Waals surface area contributed by atoms with Gasteiger partial charge in [-0.25, -0.2) is 0 Å². The Morgan fingerprint density at radius 3 is 2.19 bits per heavy atom. The van der Waals surface area contributed by atoms with E-state index in [1.165, 1.54) is 0 Å². The van der Waals surface area contributed by atoms with Gasteiger partial charge in [-0.3, -0.25) is 9.78 Å². The predicted octanol–water partition coefficient (Wildman–Crippen LogP) is 6.34. The number of nitriles is 1. The lowest BCUT2D eigenvalue weighted by molar-refractivity contribution is -0.117. The van der Waals surface area contributed by atoms with Crippen molar-refractivity contribution in [2.45, 2.75) is 19.8 Å². The van der Waals surface area contributed by atoms with Crippen LogP contribution in [0.15, 0.2) is 91.1 Å². The Morgan fingerprint density at radius 1 is 0.875 bits per heavy atom. The van der Waals surface area contributed by atoms with Crippen LogP contribution < -0.4 is 5.32 Å². The van der Waals surface area contributed by atoms with Crippen LogP contribution >= 0.6 is 0 Å². The van der Waals surface area contributed by atoms with Gasteiger partial charge in [0.15, 0.2) is 0 Å². The minimum absolute atomic E-state index is 0.0607. The highest BCUT2D eigenvalue weighted by Gasteiger charge is 2.16. The lowest BCUT2D eigenvalue weighted by Crippen LogP contribution is -2.18. The molecule has 3 aromatic carbocycles. The van der Waals surface area contributed by atoms with Crippen molar-refractivity contribution in [2.24, 2.45) is 0 Å². The summed E-state index contributed by atoms with van der Waals surface area (Å²) in [5, 5.41) is 12.0. The second-order valence-corrected chi connectivity index (χ2v) is 7.79. The molecule has 32 heavy (non-hydrogen) atoms. The number of carbonyl (C=O) groups excluding carboxylic acids is 1. The number of aryl methyl sites for hydroxylation is 1. The quantitative estimate of drug-likeness (QED) is 0.412. The zero-order chi connectivity index (χ0) is 22.5. The second-order valence-electron chi connectivity index (χ2n) is 7.79. The van der Waals surface area contributed by atoms with Crippen molar-refractivity contribution in [3.8, 4) is 28.3 Å². The van der Waals surface area contributed by atoms with Crippen LogP contribution in [-0.2, 0) is 4.79 Å². The molecule has 0 saturated carbocycles. The maximum atomic E-state index is 12.9. The standard InChI is InChI=1S/C28H23N3O/c1-19-16-26(14-15-30-19)23-10-12-27(13-11-23)31-28(32)20(2)24-4-3-5-25(17-24)22-8-6-21(18-29)7-9-22/h3-17,20H,1-2H3,(H,31,32). The van der Waals surface area contributed by atoms with Gasteiger partial charge in [0.05, 0.1) is 17.6 Å². The van der Waals surface area contributed by atoms with Crippen molar-refractivity contribution in [3.05, 3.63) is 108 Å². The van der Waals surface area contributed by atoms with Crippen LogP contribution in [0.5, 0.6) is 0 Å². The zero-order valence-corrected chi connectivity index (χ0v) is 18.0. The molecule has 4 aromatic rings. The molecule has 4 heteroatoms. The van der Waals surface area contributed by atoms with Crippen LogP contribution in [0.25, 0.3) is 22.3 Å². The van der Waals surface area contributed by atoms with Gasteiger partial charge in [-0.15, -0.1) is 0 Å². The third kappa shape index (κ3) is 4.74. The van der Waals surface area contributed by atoms with Gasteiger partial charge in [0, 0.05) is 17.6 Å².